The van der Waals surface area contributed by atoms with Crippen molar-refractivity contribution in [2.75, 3.05) is 5.32 Å². The minimum absolute atomic E-state index is 0.759. The summed E-state index contributed by atoms with van der Waals surface area (Å²) in [5, 5.41) is 14.2. The Hall–Kier alpha value is -5.08. The van der Waals surface area contributed by atoms with Crippen molar-refractivity contribution in [3.63, 3.8) is 0 Å². The normalized spacial score (nSPS) is 11.3. The fraction of sp³-hybridized carbons (Fsp3) is 0. The minimum Gasteiger partial charge on any atom is -0.354 e. The van der Waals surface area contributed by atoms with E-state index in [0.29, 0.717) is 0 Å². The number of nitrogens with one attached hydrogen (secondary N) is 3. The molecule has 7 aromatic rings. The molecule has 38 heavy (non-hydrogen) atoms. The van der Waals surface area contributed by atoms with Crippen LogP contribution in [0, 0.1) is 0 Å². The van der Waals surface area contributed by atoms with E-state index in [9.17, 15) is 0 Å². The van der Waals surface area contributed by atoms with Crippen LogP contribution in [0.25, 0.3) is 60.8 Å². The van der Waals surface area contributed by atoms with Crippen molar-refractivity contribution in [1.82, 2.24) is 30.1 Å². The molecule has 0 saturated heterocycles. The molecule has 1 aromatic carbocycles. The van der Waals surface area contributed by atoms with Gasteiger partial charge in [0.15, 0.2) is 0 Å². The molecular formula is C30H21N7S. The summed E-state index contributed by atoms with van der Waals surface area (Å²) in [5.41, 5.74) is 9.62. The Bertz CT molecular complexity index is 1920. The summed E-state index contributed by atoms with van der Waals surface area (Å²) in [6.07, 6.45) is 5.42. The average Bonchev–Trinajstić information content (AvgIpc) is 3.73. The van der Waals surface area contributed by atoms with Crippen molar-refractivity contribution in [2.24, 2.45) is 0 Å². The smallest absolute Gasteiger partial charge is 0.135 e. The maximum Gasteiger partial charge on any atom is 0.135 e. The van der Waals surface area contributed by atoms with Crippen LogP contribution in [0.1, 0.15) is 5.56 Å². The molecule has 0 fully saturated rings. The lowest BCUT2D eigenvalue weighted by Gasteiger charge is -2.10. The van der Waals surface area contributed by atoms with E-state index < -0.39 is 0 Å². The Balaban J connectivity index is 1.25. The number of thiophene rings is 1. The van der Waals surface area contributed by atoms with E-state index in [0.717, 1.165) is 72.1 Å². The van der Waals surface area contributed by atoms with Gasteiger partial charge in [0.2, 0.25) is 0 Å². The van der Waals surface area contributed by atoms with Gasteiger partial charge in [-0.2, -0.15) is 5.10 Å². The summed E-state index contributed by atoms with van der Waals surface area (Å²) in [6.45, 7) is 4.17. The summed E-state index contributed by atoms with van der Waals surface area (Å²) in [5.74, 6) is 0. The molecule has 6 heterocycles. The monoisotopic (exact) mass is 511 g/mol. The first kappa shape index (κ1) is 22.1. The maximum atomic E-state index is 4.99. The lowest BCUT2D eigenvalue weighted by Crippen LogP contribution is -1.98. The highest BCUT2D eigenvalue weighted by Crippen LogP contribution is 2.34. The molecule has 0 radical (unpaired) electrons. The van der Waals surface area contributed by atoms with Crippen LogP contribution in [0.5, 0.6) is 0 Å². The van der Waals surface area contributed by atoms with Gasteiger partial charge in [-0.1, -0.05) is 43.0 Å². The van der Waals surface area contributed by atoms with Gasteiger partial charge in [-0.15, -0.1) is 11.3 Å². The molecule has 6 aromatic heterocycles. The van der Waals surface area contributed by atoms with Crippen molar-refractivity contribution in [3.8, 4) is 33.2 Å². The zero-order chi connectivity index (χ0) is 25.5. The van der Waals surface area contributed by atoms with Crippen LogP contribution in [0.4, 0.5) is 5.69 Å². The molecule has 0 spiro atoms. The highest BCUT2D eigenvalue weighted by Gasteiger charge is 2.16. The van der Waals surface area contributed by atoms with Gasteiger partial charge >= 0.3 is 0 Å². The SMILES string of the molecule is C=C(Nc1cncc(-c2ccc3[nH]nc(-c4cc5c(-c6cccs6)nccc5[nH]4)c3n2)c1)c1ccccc1. The van der Waals surface area contributed by atoms with Crippen molar-refractivity contribution < 1.29 is 0 Å². The third-order valence-electron chi connectivity index (χ3n) is 6.42. The van der Waals surface area contributed by atoms with Crippen LogP contribution < -0.4 is 5.32 Å². The highest BCUT2D eigenvalue weighted by atomic mass is 32.1. The molecule has 182 valence electrons. The molecule has 0 bridgehead atoms. The summed E-state index contributed by atoms with van der Waals surface area (Å²) >= 11 is 1.68. The number of H-pyrrole nitrogens is 2. The number of hydrogen-bond acceptors (Lipinski definition) is 6. The van der Waals surface area contributed by atoms with Gasteiger partial charge in [0.25, 0.3) is 0 Å². The van der Waals surface area contributed by atoms with Crippen LogP contribution in [-0.4, -0.2) is 30.1 Å². The predicted octanol–water partition coefficient (Wildman–Crippen LogP) is 7.37. The second-order valence-electron chi connectivity index (χ2n) is 8.88. The lowest BCUT2D eigenvalue weighted by atomic mass is 10.1. The van der Waals surface area contributed by atoms with Crippen molar-refractivity contribution in [1.29, 1.82) is 0 Å². The Labute approximate surface area is 222 Å². The standard InChI is InChI=1S/C30H21N7S/c1-18(19-6-3-2-4-7-19)33-21-14-20(16-31-17-21)23-9-10-25-29(35-23)30(37-36-25)26-15-22-24(34-26)11-12-32-28(22)27-8-5-13-38-27/h2-17,33-34H,1H2,(H,36,37). The van der Waals surface area contributed by atoms with Crippen LogP contribution in [-0.2, 0) is 0 Å². The molecule has 0 saturated carbocycles. The third-order valence-corrected chi connectivity index (χ3v) is 7.29. The summed E-state index contributed by atoms with van der Waals surface area (Å²) in [4.78, 5) is 18.7. The number of rotatable bonds is 6. The lowest BCUT2D eigenvalue weighted by molar-refractivity contribution is 1.12. The first-order chi connectivity index (χ1) is 18.7. The predicted molar refractivity (Wildman–Crippen MR) is 155 cm³/mol. The highest BCUT2D eigenvalue weighted by molar-refractivity contribution is 7.13. The molecular weight excluding hydrogens is 490 g/mol. The minimum atomic E-state index is 0.759. The van der Waals surface area contributed by atoms with Gasteiger partial charge in [-0.05, 0) is 47.3 Å². The number of pyridine rings is 3. The first-order valence-electron chi connectivity index (χ1n) is 12.1. The molecule has 0 unspecified atom stereocenters. The number of aromatic nitrogens is 6. The van der Waals surface area contributed by atoms with Crippen molar-refractivity contribution in [3.05, 3.63) is 109 Å². The van der Waals surface area contributed by atoms with E-state index in [-0.39, 0.29) is 0 Å². The zero-order valence-electron chi connectivity index (χ0n) is 20.1. The fourth-order valence-corrected chi connectivity index (χ4v) is 5.31. The zero-order valence-corrected chi connectivity index (χ0v) is 21.0. The molecule has 3 N–H and O–H groups in total. The molecule has 0 atom stereocenters. The molecule has 0 aliphatic rings. The second-order valence-corrected chi connectivity index (χ2v) is 9.83. The third kappa shape index (κ3) is 3.93. The molecule has 7 nitrogen and oxygen atoms in total. The molecule has 8 heteroatoms. The molecule has 0 aliphatic carbocycles. The van der Waals surface area contributed by atoms with Gasteiger partial charge < -0.3 is 10.3 Å². The molecule has 0 aliphatic heterocycles. The Morgan fingerprint density at radius 3 is 2.68 bits per heavy atom. The number of nitrogens with zero attached hydrogens (tertiary/aromatic N) is 4. The van der Waals surface area contributed by atoms with E-state index in [1.807, 2.05) is 73.1 Å². The number of aromatic amines is 2. The number of hydrogen-bond donors (Lipinski definition) is 3. The fourth-order valence-electron chi connectivity index (χ4n) is 4.57. The van der Waals surface area contributed by atoms with E-state index in [4.69, 9.17) is 4.98 Å². The number of fused-ring (bicyclic) bond motifs is 2. The van der Waals surface area contributed by atoms with E-state index in [1.54, 1.807) is 17.5 Å². The number of anilines is 1. The van der Waals surface area contributed by atoms with E-state index in [2.05, 4.69) is 54.6 Å². The van der Waals surface area contributed by atoms with Gasteiger partial charge in [-0.25, -0.2) is 4.98 Å². The first-order valence-corrected chi connectivity index (χ1v) is 12.9. The Morgan fingerprint density at radius 1 is 0.895 bits per heavy atom. The topological polar surface area (TPSA) is 95.2 Å². The summed E-state index contributed by atoms with van der Waals surface area (Å²) < 4.78 is 0. The molecule has 7 rings (SSSR count). The van der Waals surface area contributed by atoms with Crippen LogP contribution in [0.3, 0.4) is 0 Å². The van der Waals surface area contributed by atoms with Gasteiger partial charge in [0.1, 0.15) is 11.2 Å². The van der Waals surface area contributed by atoms with Crippen molar-refractivity contribution in [2.45, 2.75) is 0 Å². The van der Waals surface area contributed by atoms with Gasteiger partial charge in [0.05, 0.1) is 39.4 Å². The van der Waals surface area contributed by atoms with Gasteiger partial charge in [-0.3, -0.25) is 15.1 Å². The summed E-state index contributed by atoms with van der Waals surface area (Å²) in [6, 6.07) is 24.2. The van der Waals surface area contributed by atoms with E-state index >= 15 is 0 Å². The Morgan fingerprint density at radius 2 is 1.82 bits per heavy atom. The van der Waals surface area contributed by atoms with Crippen LogP contribution in [0.15, 0.2) is 103 Å². The van der Waals surface area contributed by atoms with Gasteiger partial charge in [0, 0.05) is 34.6 Å². The largest absolute Gasteiger partial charge is 0.354 e. The maximum absolute atomic E-state index is 4.99. The summed E-state index contributed by atoms with van der Waals surface area (Å²) in [7, 11) is 0. The van der Waals surface area contributed by atoms with Crippen LogP contribution >= 0.6 is 11.3 Å². The van der Waals surface area contributed by atoms with E-state index in [1.165, 1.54) is 0 Å². The average molecular weight is 512 g/mol. The number of benzene rings is 1. The van der Waals surface area contributed by atoms with Crippen molar-refractivity contribution >= 4 is 44.7 Å². The van der Waals surface area contributed by atoms with Crippen LogP contribution in [0.2, 0.25) is 0 Å². The Kier molecular flexibility index (Phi) is 5.30. The molecule has 0 amide bonds. The second kappa shape index (κ2) is 9.10. The quantitative estimate of drug-likeness (QED) is 0.217.